The molecule has 0 bridgehead atoms. The van der Waals surface area contributed by atoms with Crippen LogP contribution < -0.4 is 5.73 Å². The van der Waals surface area contributed by atoms with Gasteiger partial charge in [0.15, 0.2) is 0 Å². The van der Waals surface area contributed by atoms with Gasteiger partial charge in [0.2, 0.25) is 0 Å². The van der Waals surface area contributed by atoms with E-state index in [0.29, 0.717) is 24.3 Å². The van der Waals surface area contributed by atoms with E-state index < -0.39 is 0 Å². The van der Waals surface area contributed by atoms with E-state index in [4.69, 9.17) is 10.5 Å². The van der Waals surface area contributed by atoms with Crippen LogP contribution in [0.3, 0.4) is 0 Å². The van der Waals surface area contributed by atoms with Crippen LogP contribution >= 0.6 is 0 Å². The standard InChI is InChI=1S/C14H28N2O/c1-4-12-5-6-13(15)14(7-12)16-8-10(2)17-11(3)9-16/h10-14H,4-9,15H2,1-3H3. The molecule has 0 aromatic carbocycles. The molecule has 1 saturated heterocycles. The van der Waals surface area contributed by atoms with Gasteiger partial charge in [-0.15, -0.1) is 0 Å². The molecular weight excluding hydrogens is 212 g/mol. The molecule has 1 saturated carbocycles. The Hall–Kier alpha value is -0.120. The van der Waals surface area contributed by atoms with E-state index in [9.17, 15) is 0 Å². The van der Waals surface area contributed by atoms with Crippen LogP contribution in [-0.2, 0) is 4.74 Å². The first-order valence-electron chi connectivity index (χ1n) is 7.25. The molecule has 1 heterocycles. The lowest BCUT2D eigenvalue weighted by Crippen LogP contribution is -2.57. The number of ether oxygens (including phenoxy) is 1. The summed E-state index contributed by atoms with van der Waals surface area (Å²) in [6.07, 6.45) is 5.82. The first-order chi connectivity index (χ1) is 8.10. The minimum absolute atomic E-state index is 0.355. The Bertz CT molecular complexity index is 236. The predicted molar refractivity (Wildman–Crippen MR) is 71.0 cm³/mol. The number of rotatable bonds is 2. The maximum atomic E-state index is 6.34. The van der Waals surface area contributed by atoms with E-state index in [-0.39, 0.29) is 0 Å². The molecule has 0 amide bonds. The number of hydrogen-bond acceptors (Lipinski definition) is 3. The second kappa shape index (κ2) is 5.68. The van der Waals surface area contributed by atoms with Crippen molar-refractivity contribution in [3.8, 4) is 0 Å². The second-order valence-electron chi connectivity index (χ2n) is 6.03. The van der Waals surface area contributed by atoms with Crippen molar-refractivity contribution in [1.82, 2.24) is 4.90 Å². The van der Waals surface area contributed by atoms with E-state index in [0.717, 1.165) is 19.0 Å². The summed E-state index contributed by atoms with van der Waals surface area (Å²) < 4.78 is 5.81. The SMILES string of the molecule is CCC1CCC(N)C(N2CC(C)OC(C)C2)C1. The average molecular weight is 240 g/mol. The molecule has 0 spiro atoms. The van der Waals surface area contributed by atoms with Gasteiger partial charge in [-0.1, -0.05) is 13.3 Å². The molecule has 5 atom stereocenters. The third kappa shape index (κ3) is 3.21. The summed E-state index contributed by atoms with van der Waals surface area (Å²) >= 11 is 0. The highest BCUT2D eigenvalue weighted by molar-refractivity contribution is 4.91. The molecule has 3 heteroatoms. The topological polar surface area (TPSA) is 38.5 Å². The molecule has 17 heavy (non-hydrogen) atoms. The quantitative estimate of drug-likeness (QED) is 0.802. The van der Waals surface area contributed by atoms with Gasteiger partial charge in [-0.25, -0.2) is 0 Å². The molecule has 100 valence electrons. The lowest BCUT2D eigenvalue weighted by Gasteiger charge is -2.45. The fraction of sp³-hybridized carbons (Fsp3) is 1.00. The maximum absolute atomic E-state index is 6.34. The van der Waals surface area contributed by atoms with Gasteiger partial charge < -0.3 is 10.5 Å². The molecule has 0 aromatic heterocycles. The van der Waals surface area contributed by atoms with Crippen LogP contribution in [0.25, 0.3) is 0 Å². The molecule has 2 rings (SSSR count). The Morgan fingerprint density at radius 3 is 2.41 bits per heavy atom. The summed E-state index contributed by atoms with van der Waals surface area (Å²) in [6.45, 7) is 8.77. The number of nitrogens with zero attached hydrogens (tertiary/aromatic N) is 1. The van der Waals surface area contributed by atoms with Crippen molar-refractivity contribution < 1.29 is 4.74 Å². The Morgan fingerprint density at radius 2 is 1.82 bits per heavy atom. The van der Waals surface area contributed by atoms with Crippen LogP contribution in [0.1, 0.15) is 46.5 Å². The fourth-order valence-electron chi connectivity index (χ4n) is 3.53. The lowest BCUT2D eigenvalue weighted by atomic mass is 9.80. The van der Waals surface area contributed by atoms with Crippen molar-refractivity contribution in [3.05, 3.63) is 0 Å². The van der Waals surface area contributed by atoms with Crippen LogP contribution in [0.5, 0.6) is 0 Å². The molecule has 0 radical (unpaired) electrons. The van der Waals surface area contributed by atoms with Gasteiger partial charge in [-0.05, 0) is 39.0 Å². The minimum Gasteiger partial charge on any atom is -0.373 e. The maximum Gasteiger partial charge on any atom is 0.0678 e. The van der Waals surface area contributed by atoms with Crippen LogP contribution in [-0.4, -0.2) is 42.3 Å². The summed E-state index contributed by atoms with van der Waals surface area (Å²) in [5, 5.41) is 0. The van der Waals surface area contributed by atoms with Crippen molar-refractivity contribution in [3.63, 3.8) is 0 Å². The van der Waals surface area contributed by atoms with Crippen molar-refractivity contribution in [2.24, 2.45) is 11.7 Å². The lowest BCUT2D eigenvalue weighted by molar-refractivity contribution is -0.0887. The summed E-state index contributed by atoms with van der Waals surface area (Å²) in [4.78, 5) is 2.59. The number of nitrogens with two attached hydrogens (primary N) is 1. The third-order valence-electron chi connectivity index (χ3n) is 4.47. The monoisotopic (exact) mass is 240 g/mol. The van der Waals surface area contributed by atoms with Gasteiger partial charge in [0.1, 0.15) is 0 Å². The van der Waals surface area contributed by atoms with Gasteiger partial charge in [0.25, 0.3) is 0 Å². The predicted octanol–water partition coefficient (Wildman–Crippen LogP) is 2.00. The zero-order valence-electron chi connectivity index (χ0n) is 11.6. The van der Waals surface area contributed by atoms with Crippen molar-refractivity contribution >= 4 is 0 Å². The largest absolute Gasteiger partial charge is 0.373 e. The summed E-state index contributed by atoms with van der Waals surface area (Å²) in [5.41, 5.74) is 6.34. The van der Waals surface area contributed by atoms with Gasteiger partial charge in [-0.3, -0.25) is 4.90 Å². The van der Waals surface area contributed by atoms with Crippen molar-refractivity contribution in [1.29, 1.82) is 0 Å². The molecule has 2 aliphatic rings. The molecular formula is C14H28N2O. The van der Waals surface area contributed by atoms with Crippen LogP contribution in [0.15, 0.2) is 0 Å². The van der Waals surface area contributed by atoms with E-state index >= 15 is 0 Å². The van der Waals surface area contributed by atoms with E-state index in [2.05, 4.69) is 25.7 Å². The van der Waals surface area contributed by atoms with Gasteiger partial charge >= 0.3 is 0 Å². The summed E-state index contributed by atoms with van der Waals surface area (Å²) in [6, 6.07) is 0.956. The van der Waals surface area contributed by atoms with Crippen LogP contribution in [0.4, 0.5) is 0 Å². The molecule has 3 nitrogen and oxygen atoms in total. The van der Waals surface area contributed by atoms with E-state index in [1.54, 1.807) is 0 Å². The Kier molecular flexibility index (Phi) is 4.45. The second-order valence-corrected chi connectivity index (χ2v) is 6.03. The first kappa shape index (κ1) is 13.3. The van der Waals surface area contributed by atoms with Crippen molar-refractivity contribution in [2.75, 3.05) is 13.1 Å². The minimum atomic E-state index is 0.355. The highest BCUT2D eigenvalue weighted by Crippen LogP contribution is 2.30. The normalized spacial score (nSPS) is 44.8. The zero-order chi connectivity index (χ0) is 12.4. The third-order valence-corrected chi connectivity index (χ3v) is 4.47. The van der Waals surface area contributed by atoms with Gasteiger partial charge in [0.05, 0.1) is 12.2 Å². The summed E-state index contributed by atoms with van der Waals surface area (Å²) in [7, 11) is 0. The molecule has 2 N–H and O–H groups in total. The molecule has 1 aliphatic carbocycles. The molecule has 5 unspecified atom stereocenters. The molecule has 0 aromatic rings. The molecule has 1 aliphatic heterocycles. The average Bonchev–Trinajstić information content (AvgIpc) is 2.28. The van der Waals surface area contributed by atoms with E-state index in [1.165, 1.54) is 25.7 Å². The van der Waals surface area contributed by atoms with Crippen LogP contribution in [0.2, 0.25) is 0 Å². The van der Waals surface area contributed by atoms with Gasteiger partial charge in [0, 0.05) is 25.2 Å². The highest BCUT2D eigenvalue weighted by atomic mass is 16.5. The van der Waals surface area contributed by atoms with E-state index in [1.807, 2.05) is 0 Å². The highest BCUT2D eigenvalue weighted by Gasteiger charge is 2.35. The smallest absolute Gasteiger partial charge is 0.0678 e. The Morgan fingerprint density at radius 1 is 1.18 bits per heavy atom. The van der Waals surface area contributed by atoms with Crippen molar-refractivity contribution in [2.45, 2.75) is 70.7 Å². The fourth-order valence-corrected chi connectivity index (χ4v) is 3.53. The number of morpholine rings is 1. The van der Waals surface area contributed by atoms with Gasteiger partial charge in [-0.2, -0.15) is 0 Å². The number of hydrogen-bond donors (Lipinski definition) is 1. The zero-order valence-corrected chi connectivity index (χ0v) is 11.6. The molecule has 2 fully saturated rings. The summed E-state index contributed by atoms with van der Waals surface area (Å²) in [5.74, 6) is 0.883. The first-order valence-corrected chi connectivity index (χ1v) is 7.25. The Labute approximate surface area is 106 Å². The van der Waals surface area contributed by atoms with Crippen LogP contribution in [0, 0.1) is 5.92 Å². The Balaban J connectivity index is 1.98.